The molecule has 0 aliphatic rings. The second-order valence-corrected chi connectivity index (χ2v) is 3.79. The SMILES string of the molecule is COc1ccccc1C(O)CNC(=O)[C@@H](C)N.Cl. The number of amides is 1. The molecule has 0 fully saturated rings. The van der Waals surface area contributed by atoms with Crippen LogP contribution in [0.2, 0.25) is 0 Å². The van der Waals surface area contributed by atoms with Crippen molar-refractivity contribution < 1.29 is 14.6 Å². The number of para-hydroxylation sites is 1. The number of nitrogens with one attached hydrogen (secondary N) is 1. The molecule has 4 N–H and O–H groups in total. The number of benzene rings is 1. The molecule has 0 aliphatic heterocycles. The summed E-state index contributed by atoms with van der Waals surface area (Å²) in [6, 6.07) is 6.54. The standard InChI is InChI=1S/C12H18N2O3.ClH/c1-8(13)12(16)14-7-10(15)9-5-3-4-6-11(9)17-2;/h3-6,8,10,15H,7,13H2,1-2H3,(H,14,16);1H/t8-,10?;/m1./s1. The lowest BCUT2D eigenvalue weighted by molar-refractivity contribution is -0.122. The first kappa shape index (κ1) is 16.7. The second kappa shape index (κ2) is 7.92. The number of hydrogen-bond donors (Lipinski definition) is 3. The number of hydrogen-bond acceptors (Lipinski definition) is 4. The maximum atomic E-state index is 11.3. The van der Waals surface area contributed by atoms with E-state index in [0.717, 1.165) is 0 Å². The summed E-state index contributed by atoms with van der Waals surface area (Å²) in [6.07, 6.45) is -0.811. The van der Waals surface area contributed by atoms with E-state index in [1.54, 1.807) is 25.1 Å². The number of methoxy groups -OCH3 is 1. The lowest BCUT2D eigenvalue weighted by Gasteiger charge is -2.16. The Morgan fingerprint density at radius 3 is 2.67 bits per heavy atom. The minimum absolute atomic E-state index is 0. The van der Waals surface area contributed by atoms with Gasteiger partial charge in [-0.2, -0.15) is 0 Å². The highest BCUT2D eigenvalue weighted by molar-refractivity contribution is 5.85. The highest BCUT2D eigenvalue weighted by Gasteiger charge is 2.14. The normalized spacial score (nSPS) is 13.1. The van der Waals surface area contributed by atoms with Gasteiger partial charge in [0.05, 0.1) is 19.3 Å². The van der Waals surface area contributed by atoms with E-state index < -0.39 is 12.1 Å². The van der Waals surface area contributed by atoms with E-state index in [9.17, 15) is 9.90 Å². The van der Waals surface area contributed by atoms with Gasteiger partial charge in [-0.25, -0.2) is 0 Å². The van der Waals surface area contributed by atoms with Crippen LogP contribution in [0.15, 0.2) is 24.3 Å². The third-order valence-electron chi connectivity index (χ3n) is 2.38. The van der Waals surface area contributed by atoms with E-state index in [2.05, 4.69) is 5.32 Å². The Bertz CT molecular complexity index is 385. The molecule has 0 spiro atoms. The summed E-state index contributed by atoms with van der Waals surface area (Å²) in [5, 5.41) is 12.5. The van der Waals surface area contributed by atoms with Crippen LogP contribution < -0.4 is 15.8 Å². The van der Waals surface area contributed by atoms with Crippen molar-refractivity contribution in [1.82, 2.24) is 5.32 Å². The molecule has 0 aliphatic carbocycles. The lowest BCUT2D eigenvalue weighted by Crippen LogP contribution is -2.40. The number of halogens is 1. The Morgan fingerprint density at radius 2 is 2.11 bits per heavy atom. The van der Waals surface area contributed by atoms with Gasteiger partial charge >= 0.3 is 0 Å². The van der Waals surface area contributed by atoms with Crippen molar-refractivity contribution in [1.29, 1.82) is 0 Å². The Kier molecular flexibility index (Phi) is 7.35. The van der Waals surface area contributed by atoms with Crippen LogP contribution in [0.5, 0.6) is 5.75 Å². The summed E-state index contributed by atoms with van der Waals surface area (Å²) < 4.78 is 5.12. The largest absolute Gasteiger partial charge is 0.496 e. The Labute approximate surface area is 113 Å². The van der Waals surface area contributed by atoms with Crippen LogP contribution in [-0.4, -0.2) is 30.7 Å². The number of aliphatic hydroxyl groups excluding tert-OH is 1. The summed E-state index contributed by atoms with van der Waals surface area (Å²) in [5.74, 6) is 0.300. The van der Waals surface area contributed by atoms with E-state index in [4.69, 9.17) is 10.5 Å². The highest BCUT2D eigenvalue weighted by Crippen LogP contribution is 2.23. The van der Waals surface area contributed by atoms with Gasteiger partial charge in [0, 0.05) is 12.1 Å². The average molecular weight is 275 g/mol. The zero-order valence-electron chi connectivity index (χ0n) is 10.4. The zero-order valence-corrected chi connectivity index (χ0v) is 11.2. The van der Waals surface area contributed by atoms with Gasteiger partial charge in [0.1, 0.15) is 5.75 Å². The number of aliphatic hydroxyl groups is 1. The van der Waals surface area contributed by atoms with Crippen molar-refractivity contribution in [3.8, 4) is 5.75 Å². The molecule has 0 radical (unpaired) electrons. The molecular formula is C12H19ClN2O3. The van der Waals surface area contributed by atoms with Crippen LogP contribution in [0.1, 0.15) is 18.6 Å². The van der Waals surface area contributed by atoms with E-state index in [0.29, 0.717) is 11.3 Å². The predicted molar refractivity (Wildman–Crippen MR) is 71.9 cm³/mol. The van der Waals surface area contributed by atoms with Crippen LogP contribution >= 0.6 is 12.4 Å². The van der Waals surface area contributed by atoms with Crippen LogP contribution in [0, 0.1) is 0 Å². The quantitative estimate of drug-likeness (QED) is 0.735. The van der Waals surface area contributed by atoms with Gasteiger partial charge < -0.3 is 20.9 Å². The van der Waals surface area contributed by atoms with E-state index in [1.807, 2.05) is 6.07 Å². The van der Waals surface area contributed by atoms with Crippen LogP contribution in [0.25, 0.3) is 0 Å². The molecule has 0 saturated carbocycles. The molecule has 6 heteroatoms. The minimum atomic E-state index is -0.811. The van der Waals surface area contributed by atoms with E-state index >= 15 is 0 Å². The van der Waals surface area contributed by atoms with Crippen molar-refractivity contribution >= 4 is 18.3 Å². The van der Waals surface area contributed by atoms with Gasteiger partial charge in [0.15, 0.2) is 0 Å². The molecule has 0 aromatic heterocycles. The Balaban J connectivity index is 0.00000289. The first-order valence-corrected chi connectivity index (χ1v) is 5.40. The van der Waals surface area contributed by atoms with Crippen molar-refractivity contribution in [2.24, 2.45) is 5.73 Å². The third-order valence-corrected chi connectivity index (χ3v) is 2.38. The number of carbonyl (C=O) groups excluding carboxylic acids is 1. The number of ether oxygens (including phenoxy) is 1. The Morgan fingerprint density at radius 1 is 1.50 bits per heavy atom. The first-order valence-electron chi connectivity index (χ1n) is 5.40. The second-order valence-electron chi connectivity index (χ2n) is 3.79. The maximum Gasteiger partial charge on any atom is 0.236 e. The fourth-order valence-corrected chi connectivity index (χ4v) is 1.41. The van der Waals surface area contributed by atoms with Crippen LogP contribution in [0.4, 0.5) is 0 Å². The molecule has 5 nitrogen and oxygen atoms in total. The fourth-order valence-electron chi connectivity index (χ4n) is 1.41. The van der Waals surface area contributed by atoms with Crippen molar-refractivity contribution in [3.63, 3.8) is 0 Å². The molecule has 0 bridgehead atoms. The van der Waals surface area contributed by atoms with Gasteiger partial charge in [-0.05, 0) is 13.0 Å². The number of carbonyl (C=O) groups is 1. The third kappa shape index (κ3) is 4.52. The Hall–Kier alpha value is -1.30. The molecule has 1 unspecified atom stereocenters. The van der Waals surface area contributed by atoms with E-state index in [-0.39, 0.29) is 24.9 Å². The molecule has 102 valence electrons. The minimum Gasteiger partial charge on any atom is -0.496 e. The molecule has 1 aromatic rings. The van der Waals surface area contributed by atoms with Crippen LogP contribution in [0.3, 0.4) is 0 Å². The van der Waals surface area contributed by atoms with Crippen LogP contribution in [-0.2, 0) is 4.79 Å². The molecule has 1 rings (SSSR count). The van der Waals surface area contributed by atoms with Crippen molar-refractivity contribution in [3.05, 3.63) is 29.8 Å². The fraction of sp³-hybridized carbons (Fsp3) is 0.417. The van der Waals surface area contributed by atoms with Gasteiger partial charge in [-0.1, -0.05) is 18.2 Å². The molecule has 0 heterocycles. The molecule has 1 aromatic carbocycles. The molecule has 1 amide bonds. The summed E-state index contributed by atoms with van der Waals surface area (Å²) in [4.78, 5) is 11.3. The number of rotatable bonds is 5. The molecule has 18 heavy (non-hydrogen) atoms. The molecule has 2 atom stereocenters. The highest BCUT2D eigenvalue weighted by atomic mass is 35.5. The first-order chi connectivity index (χ1) is 8.06. The smallest absolute Gasteiger partial charge is 0.236 e. The summed E-state index contributed by atoms with van der Waals surface area (Å²) in [7, 11) is 1.53. The summed E-state index contributed by atoms with van der Waals surface area (Å²) in [6.45, 7) is 1.70. The summed E-state index contributed by atoms with van der Waals surface area (Å²) >= 11 is 0. The zero-order chi connectivity index (χ0) is 12.8. The van der Waals surface area contributed by atoms with Gasteiger partial charge in [0.25, 0.3) is 0 Å². The monoisotopic (exact) mass is 274 g/mol. The molecular weight excluding hydrogens is 256 g/mol. The molecule has 0 saturated heterocycles. The van der Waals surface area contributed by atoms with Gasteiger partial charge in [-0.3, -0.25) is 4.79 Å². The maximum absolute atomic E-state index is 11.3. The van der Waals surface area contributed by atoms with Gasteiger partial charge in [-0.15, -0.1) is 12.4 Å². The van der Waals surface area contributed by atoms with Crippen molar-refractivity contribution in [2.45, 2.75) is 19.1 Å². The summed E-state index contributed by atoms with van der Waals surface area (Å²) in [5.41, 5.74) is 6.04. The number of nitrogens with two attached hydrogens (primary N) is 1. The lowest BCUT2D eigenvalue weighted by atomic mass is 10.1. The van der Waals surface area contributed by atoms with E-state index in [1.165, 1.54) is 7.11 Å². The average Bonchev–Trinajstić information content (AvgIpc) is 2.35. The van der Waals surface area contributed by atoms with Gasteiger partial charge in [0.2, 0.25) is 5.91 Å². The predicted octanol–water partition coefficient (Wildman–Crippen LogP) is 0.614. The van der Waals surface area contributed by atoms with Crippen molar-refractivity contribution in [2.75, 3.05) is 13.7 Å². The topological polar surface area (TPSA) is 84.6 Å².